The average molecular weight is 293 g/mol. The third-order valence-electron chi connectivity index (χ3n) is 2.48. The summed E-state index contributed by atoms with van der Waals surface area (Å²) in [4.78, 5) is 0.0996. The second-order valence-electron chi connectivity index (χ2n) is 4.10. The van der Waals surface area contributed by atoms with Crippen LogP contribution in [0, 0.1) is 6.92 Å². The van der Waals surface area contributed by atoms with Crippen molar-refractivity contribution in [3.05, 3.63) is 17.6 Å². The van der Waals surface area contributed by atoms with Crippen molar-refractivity contribution in [2.24, 2.45) is 0 Å². The average Bonchev–Trinajstić information content (AvgIpc) is 2.68. The van der Waals surface area contributed by atoms with Crippen molar-refractivity contribution in [3.63, 3.8) is 0 Å². The minimum atomic E-state index is -3.57. The van der Waals surface area contributed by atoms with Gasteiger partial charge < -0.3 is 9.52 Å². The summed E-state index contributed by atoms with van der Waals surface area (Å²) in [6.07, 6.45) is 2.75. The molecule has 0 bridgehead atoms. The number of sulfonamides is 1. The summed E-state index contributed by atoms with van der Waals surface area (Å²) in [6, 6.07) is 1.23. The molecule has 0 amide bonds. The van der Waals surface area contributed by atoms with Gasteiger partial charge in [-0.2, -0.15) is 11.8 Å². The van der Waals surface area contributed by atoms with Crippen LogP contribution in [0.15, 0.2) is 15.4 Å². The number of thioether (sulfide) groups is 1. The summed E-state index contributed by atoms with van der Waals surface area (Å²) in [5.74, 6) is 1.45. The smallest absolute Gasteiger partial charge is 0.244 e. The number of hydrogen-bond acceptors (Lipinski definition) is 5. The number of aliphatic hydroxyl groups is 1. The predicted molar refractivity (Wildman–Crippen MR) is 72.2 cm³/mol. The molecule has 0 aliphatic heterocycles. The molecule has 18 heavy (non-hydrogen) atoms. The lowest BCUT2D eigenvalue weighted by Gasteiger charge is -2.12. The van der Waals surface area contributed by atoms with E-state index in [9.17, 15) is 8.42 Å². The fourth-order valence-electron chi connectivity index (χ4n) is 1.55. The Hall–Kier alpha value is -0.500. The van der Waals surface area contributed by atoms with Crippen molar-refractivity contribution >= 4 is 21.8 Å². The van der Waals surface area contributed by atoms with E-state index in [1.165, 1.54) is 6.07 Å². The van der Waals surface area contributed by atoms with Gasteiger partial charge in [-0.05, 0) is 32.3 Å². The summed E-state index contributed by atoms with van der Waals surface area (Å²) < 4.78 is 31.9. The van der Waals surface area contributed by atoms with E-state index in [4.69, 9.17) is 9.52 Å². The molecule has 1 atom stereocenters. The van der Waals surface area contributed by atoms with Gasteiger partial charge in [0, 0.05) is 12.1 Å². The van der Waals surface area contributed by atoms with Crippen molar-refractivity contribution in [1.29, 1.82) is 0 Å². The number of rotatable bonds is 7. The van der Waals surface area contributed by atoms with E-state index in [0.717, 1.165) is 12.2 Å². The van der Waals surface area contributed by atoms with Crippen LogP contribution in [-0.2, 0) is 16.6 Å². The molecular formula is C11H19NO4S2. The summed E-state index contributed by atoms with van der Waals surface area (Å²) in [5.41, 5.74) is 0. The Kier molecular flexibility index (Phi) is 5.71. The Bertz CT molecular complexity index is 481. The van der Waals surface area contributed by atoms with E-state index in [-0.39, 0.29) is 23.3 Å². The predicted octanol–water partition coefficient (Wildman–Crippen LogP) is 1.50. The normalized spacial score (nSPS) is 13.8. The molecule has 2 N–H and O–H groups in total. The zero-order valence-corrected chi connectivity index (χ0v) is 12.4. The van der Waals surface area contributed by atoms with Crippen molar-refractivity contribution < 1.29 is 17.9 Å². The summed E-state index contributed by atoms with van der Waals surface area (Å²) >= 11 is 1.68. The first-order chi connectivity index (χ1) is 8.40. The summed E-state index contributed by atoms with van der Waals surface area (Å²) in [6.45, 7) is 3.09. The van der Waals surface area contributed by atoms with Crippen molar-refractivity contribution in [3.8, 4) is 0 Å². The summed E-state index contributed by atoms with van der Waals surface area (Å²) in [7, 11) is -3.57. The highest BCUT2D eigenvalue weighted by atomic mass is 32.2. The highest BCUT2D eigenvalue weighted by molar-refractivity contribution is 7.98. The van der Waals surface area contributed by atoms with Gasteiger partial charge in [0.15, 0.2) is 0 Å². The molecule has 0 fully saturated rings. The van der Waals surface area contributed by atoms with Gasteiger partial charge >= 0.3 is 0 Å². The molecule has 0 spiro atoms. The number of aliphatic hydroxyl groups excluding tert-OH is 1. The number of furan rings is 1. The molecule has 0 saturated heterocycles. The number of aryl methyl sites for hydroxylation is 1. The Morgan fingerprint density at radius 3 is 2.72 bits per heavy atom. The van der Waals surface area contributed by atoms with Crippen LogP contribution < -0.4 is 4.72 Å². The molecular weight excluding hydrogens is 274 g/mol. The fraction of sp³-hybridized carbons (Fsp3) is 0.636. The van der Waals surface area contributed by atoms with Crippen LogP contribution in [0.2, 0.25) is 0 Å². The van der Waals surface area contributed by atoms with Gasteiger partial charge in [0.25, 0.3) is 0 Å². The van der Waals surface area contributed by atoms with Crippen molar-refractivity contribution in [2.75, 3.05) is 12.0 Å². The van der Waals surface area contributed by atoms with Gasteiger partial charge in [0.1, 0.15) is 23.0 Å². The zero-order chi connectivity index (χ0) is 13.8. The first-order valence-corrected chi connectivity index (χ1v) is 8.50. The molecule has 1 unspecified atom stereocenters. The maximum Gasteiger partial charge on any atom is 0.244 e. The Labute approximate surface area is 112 Å². The van der Waals surface area contributed by atoms with Gasteiger partial charge in [0.2, 0.25) is 10.0 Å². The molecule has 1 aromatic rings. The van der Waals surface area contributed by atoms with E-state index in [0.29, 0.717) is 5.76 Å². The molecule has 0 saturated carbocycles. The Morgan fingerprint density at radius 2 is 2.22 bits per heavy atom. The molecule has 0 aromatic carbocycles. The molecule has 104 valence electrons. The largest absolute Gasteiger partial charge is 0.462 e. The maximum atomic E-state index is 12.1. The lowest BCUT2D eigenvalue weighted by atomic mass is 10.3. The van der Waals surface area contributed by atoms with Crippen molar-refractivity contribution in [1.82, 2.24) is 4.72 Å². The van der Waals surface area contributed by atoms with Gasteiger partial charge in [-0.3, -0.25) is 0 Å². The zero-order valence-electron chi connectivity index (χ0n) is 10.8. The molecule has 1 rings (SSSR count). The molecule has 0 aliphatic rings. The SMILES string of the molecule is CSCCC(C)NS(=O)(=O)c1cc(CO)oc1C. The van der Waals surface area contributed by atoms with Crippen LogP contribution in [0.5, 0.6) is 0 Å². The highest BCUT2D eigenvalue weighted by Gasteiger charge is 2.22. The standard InChI is InChI=1S/C11H19NO4S2/c1-8(4-5-17-3)12-18(14,15)11-6-10(7-13)16-9(11)2/h6,8,12-13H,4-5,7H2,1-3H3. The van der Waals surface area contributed by atoms with E-state index >= 15 is 0 Å². The van der Waals surface area contributed by atoms with E-state index in [2.05, 4.69) is 4.72 Å². The quantitative estimate of drug-likeness (QED) is 0.796. The maximum absolute atomic E-state index is 12.1. The first-order valence-electron chi connectivity index (χ1n) is 5.62. The van der Waals surface area contributed by atoms with Gasteiger partial charge in [0.05, 0.1) is 0 Å². The van der Waals surface area contributed by atoms with E-state index in [1.54, 1.807) is 18.7 Å². The van der Waals surface area contributed by atoms with E-state index < -0.39 is 10.0 Å². The second kappa shape index (κ2) is 6.60. The van der Waals surface area contributed by atoms with Crippen LogP contribution in [0.1, 0.15) is 24.9 Å². The lowest BCUT2D eigenvalue weighted by Crippen LogP contribution is -2.33. The third-order valence-corrected chi connectivity index (χ3v) is 4.82. The molecule has 1 heterocycles. The van der Waals surface area contributed by atoms with E-state index in [1.807, 2.05) is 13.2 Å². The number of hydrogen-bond donors (Lipinski definition) is 2. The first kappa shape index (κ1) is 15.6. The Balaban J connectivity index is 2.82. The third kappa shape index (κ3) is 4.01. The minimum absolute atomic E-state index is 0.0996. The van der Waals surface area contributed by atoms with Crippen LogP contribution >= 0.6 is 11.8 Å². The molecule has 1 aromatic heterocycles. The molecule has 0 aliphatic carbocycles. The second-order valence-corrected chi connectivity index (χ2v) is 6.76. The lowest BCUT2D eigenvalue weighted by molar-refractivity contribution is 0.244. The monoisotopic (exact) mass is 293 g/mol. The van der Waals surface area contributed by atoms with Gasteiger partial charge in [-0.25, -0.2) is 13.1 Å². The van der Waals surface area contributed by atoms with Crippen LogP contribution in [-0.4, -0.2) is 31.6 Å². The molecule has 5 nitrogen and oxygen atoms in total. The van der Waals surface area contributed by atoms with Crippen LogP contribution in [0.3, 0.4) is 0 Å². The van der Waals surface area contributed by atoms with Gasteiger partial charge in [-0.1, -0.05) is 0 Å². The topological polar surface area (TPSA) is 79.5 Å². The molecule has 0 radical (unpaired) electrons. The minimum Gasteiger partial charge on any atom is -0.462 e. The fourth-order valence-corrected chi connectivity index (χ4v) is 3.62. The Morgan fingerprint density at radius 1 is 1.56 bits per heavy atom. The molecule has 7 heteroatoms. The van der Waals surface area contributed by atoms with Crippen LogP contribution in [0.4, 0.5) is 0 Å². The van der Waals surface area contributed by atoms with Crippen molar-refractivity contribution in [2.45, 2.75) is 37.8 Å². The highest BCUT2D eigenvalue weighted by Crippen LogP contribution is 2.20. The summed E-state index contributed by atoms with van der Waals surface area (Å²) in [5, 5.41) is 8.93. The van der Waals surface area contributed by atoms with Gasteiger partial charge in [-0.15, -0.1) is 0 Å². The number of nitrogens with one attached hydrogen (secondary N) is 1. The van der Waals surface area contributed by atoms with Crippen LogP contribution in [0.25, 0.3) is 0 Å².